The van der Waals surface area contributed by atoms with E-state index in [0.29, 0.717) is 30.9 Å². The van der Waals surface area contributed by atoms with Gasteiger partial charge in [0.15, 0.2) is 11.5 Å². The second kappa shape index (κ2) is 11.0. The van der Waals surface area contributed by atoms with E-state index in [1.54, 1.807) is 14.2 Å². The normalized spacial score (nSPS) is 20.0. The molecule has 1 amide bonds. The van der Waals surface area contributed by atoms with Crippen LogP contribution in [0.4, 0.5) is 0 Å². The number of benzene rings is 2. The van der Waals surface area contributed by atoms with Gasteiger partial charge in [0.1, 0.15) is 0 Å². The van der Waals surface area contributed by atoms with Crippen molar-refractivity contribution < 1.29 is 19.0 Å². The van der Waals surface area contributed by atoms with Gasteiger partial charge in [-0.2, -0.15) is 0 Å². The quantitative estimate of drug-likeness (QED) is 0.624. The highest BCUT2D eigenvalue weighted by Gasteiger charge is 2.42. The van der Waals surface area contributed by atoms with Gasteiger partial charge < -0.3 is 19.5 Å². The van der Waals surface area contributed by atoms with Crippen molar-refractivity contribution in [1.82, 2.24) is 10.2 Å². The van der Waals surface area contributed by atoms with Crippen LogP contribution in [0.15, 0.2) is 48.5 Å². The molecule has 0 bridgehead atoms. The highest BCUT2D eigenvalue weighted by atomic mass is 16.5. The van der Waals surface area contributed by atoms with Crippen LogP contribution in [0.2, 0.25) is 0 Å². The van der Waals surface area contributed by atoms with E-state index in [0.717, 1.165) is 50.9 Å². The van der Waals surface area contributed by atoms with Crippen molar-refractivity contribution in [2.45, 2.75) is 56.8 Å². The fraction of sp³-hybridized carbons (Fsp3) is 0.519. The zero-order chi connectivity index (χ0) is 23.1. The van der Waals surface area contributed by atoms with Crippen LogP contribution in [0.3, 0.4) is 0 Å². The van der Waals surface area contributed by atoms with Crippen LogP contribution in [0.5, 0.6) is 11.5 Å². The van der Waals surface area contributed by atoms with Gasteiger partial charge in [0, 0.05) is 32.6 Å². The van der Waals surface area contributed by atoms with Crippen LogP contribution in [0.1, 0.15) is 43.2 Å². The molecule has 178 valence electrons. The Bertz CT molecular complexity index is 910. The zero-order valence-corrected chi connectivity index (χ0v) is 19.8. The minimum Gasteiger partial charge on any atom is -0.493 e. The van der Waals surface area contributed by atoms with E-state index in [9.17, 15) is 4.79 Å². The maximum atomic E-state index is 12.4. The molecule has 0 unspecified atom stereocenters. The monoisotopic (exact) mass is 452 g/mol. The number of methoxy groups -OCH3 is 2. The molecule has 2 aromatic rings. The van der Waals surface area contributed by atoms with Crippen LogP contribution < -0.4 is 14.8 Å². The Kier molecular flexibility index (Phi) is 7.89. The Morgan fingerprint density at radius 2 is 1.79 bits per heavy atom. The van der Waals surface area contributed by atoms with E-state index < -0.39 is 0 Å². The molecular weight excluding hydrogens is 416 g/mol. The highest BCUT2D eigenvalue weighted by molar-refractivity contribution is 5.76. The lowest BCUT2D eigenvalue weighted by Gasteiger charge is -2.39. The minimum absolute atomic E-state index is 0.00221. The third kappa shape index (κ3) is 6.27. The standard InChI is InChI=1S/C27H36N2O4/c1-31-24-10-8-21(18-25(24)32-2)9-11-26(30)28-19-23-12-13-27(33-23)14-16-29(17-15-27)20-22-6-4-3-5-7-22/h3-8,10,18,23H,9,11-17,19-20H2,1-2H3,(H,28,30)/t23-/m0/s1. The Labute approximate surface area is 197 Å². The van der Waals surface area contributed by atoms with Crippen molar-refractivity contribution >= 4 is 5.91 Å². The van der Waals surface area contributed by atoms with Crippen molar-refractivity contribution in [3.63, 3.8) is 0 Å². The first-order valence-corrected chi connectivity index (χ1v) is 12.0. The lowest BCUT2D eigenvalue weighted by atomic mass is 9.88. The van der Waals surface area contributed by atoms with Crippen LogP contribution in [0.25, 0.3) is 0 Å². The number of likely N-dealkylation sites (tertiary alicyclic amines) is 1. The number of aryl methyl sites for hydroxylation is 1. The van der Waals surface area contributed by atoms with Gasteiger partial charge in [0.2, 0.25) is 5.91 Å². The smallest absolute Gasteiger partial charge is 0.220 e. The molecule has 2 saturated heterocycles. The van der Waals surface area contributed by atoms with Crippen molar-refractivity contribution in [2.24, 2.45) is 0 Å². The molecule has 6 nitrogen and oxygen atoms in total. The predicted octanol–water partition coefficient (Wildman–Crippen LogP) is 3.97. The third-order valence-corrected chi connectivity index (χ3v) is 6.97. The highest BCUT2D eigenvalue weighted by Crippen LogP contribution is 2.39. The van der Waals surface area contributed by atoms with Gasteiger partial charge in [-0.15, -0.1) is 0 Å². The third-order valence-electron chi connectivity index (χ3n) is 6.97. The second-order valence-electron chi connectivity index (χ2n) is 9.22. The second-order valence-corrected chi connectivity index (χ2v) is 9.22. The van der Waals surface area contributed by atoms with Crippen LogP contribution in [0, 0.1) is 0 Å². The summed E-state index contributed by atoms with van der Waals surface area (Å²) in [7, 11) is 3.24. The zero-order valence-electron chi connectivity index (χ0n) is 19.8. The van der Waals surface area contributed by atoms with Crippen molar-refractivity contribution in [3.8, 4) is 11.5 Å². The molecular formula is C27H36N2O4. The molecule has 2 aliphatic heterocycles. The van der Waals surface area contributed by atoms with Gasteiger partial charge in [-0.3, -0.25) is 9.69 Å². The Balaban J connectivity index is 1.17. The van der Waals surface area contributed by atoms with E-state index in [1.807, 2.05) is 18.2 Å². The topological polar surface area (TPSA) is 60.0 Å². The molecule has 0 aromatic heterocycles. The number of piperidine rings is 1. The van der Waals surface area contributed by atoms with E-state index in [-0.39, 0.29) is 17.6 Å². The molecule has 1 spiro atoms. The average Bonchev–Trinajstić information content (AvgIpc) is 3.26. The number of nitrogens with one attached hydrogen (secondary N) is 1. The van der Waals surface area contributed by atoms with Crippen molar-refractivity contribution in [2.75, 3.05) is 33.9 Å². The summed E-state index contributed by atoms with van der Waals surface area (Å²) in [5, 5.41) is 3.08. The Morgan fingerprint density at radius 3 is 2.52 bits per heavy atom. The number of ether oxygens (including phenoxy) is 3. The van der Waals surface area contributed by atoms with Crippen LogP contribution >= 0.6 is 0 Å². The van der Waals surface area contributed by atoms with Gasteiger partial charge in [-0.05, 0) is 55.4 Å². The molecule has 2 fully saturated rings. The van der Waals surface area contributed by atoms with Gasteiger partial charge in [0.05, 0.1) is 25.9 Å². The number of carbonyl (C=O) groups is 1. The number of amides is 1. The van der Waals surface area contributed by atoms with Gasteiger partial charge in [0.25, 0.3) is 0 Å². The summed E-state index contributed by atoms with van der Waals surface area (Å²) in [4.78, 5) is 14.9. The van der Waals surface area contributed by atoms with Crippen molar-refractivity contribution in [1.29, 1.82) is 0 Å². The summed E-state index contributed by atoms with van der Waals surface area (Å²) in [5.41, 5.74) is 2.43. The van der Waals surface area contributed by atoms with E-state index >= 15 is 0 Å². The number of hydrogen-bond donors (Lipinski definition) is 1. The summed E-state index contributed by atoms with van der Waals surface area (Å²) < 4.78 is 17.1. The maximum absolute atomic E-state index is 12.4. The number of nitrogens with zero attached hydrogens (tertiary/aromatic N) is 1. The molecule has 4 rings (SSSR count). The van der Waals surface area contributed by atoms with Gasteiger partial charge in [-0.25, -0.2) is 0 Å². The summed E-state index contributed by atoms with van der Waals surface area (Å²) in [6.07, 6.45) is 5.50. The first-order chi connectivity index (χ1) is 16.1. The largest absolute Gasteiger partial charge is 0.493 e. The molecule has 1 atom stereocenters. The molecule has 2 heterocycles. The number of hydrogen-bond acceptors (Lipinski definition) is 5. The van der Waals surface area contributed by atoms with Crippen LogP contribution in [-0.4, -0.2) is 56.4 Å². The maximum Gasteiger partial charge on any atom is 0.220 e. The first-order valence-electron chi connectivity index (χ1n) is 12.0. The SMILES string of the molecule is COc1ccc(CCC(=O)NC[C@@H]2CCC3(CCN(Cc4ccccc4)CC3)O2)cc1OC. The fourth-order valence-electron chi connectivity index (χ4n) is 4.98. The number of rotatable bonds is 9. The van der Waals surface area contributed by atoms with Crippen LogP contribution in [-0.2, 0) is 22.5 Å². The summed E-state index contributed by atoms with van der Waals surface area (Å²) in [6, 6.07) is 16.4. The molecule has 1 N–H and O–H groups in total. The average molecular weight is 453 g/mol. The van der Waals surface area contributed by atoms with E-state index in [1.165, 1.54) is 5.56 Å². The molecule has 33 heavy (non-hydrogen) atoms. The summed E-state index contributed by atoms with van der Waals surface area (Å²) >= 11 is 0. The number of carbonyl (C=O) groups excluding carboxylic acids is 1. The first kappa shape index (κ1) is 23.6. The van der Waals surface area contributed by atoms with Gasteiger partial charge >= 0.3 is 0 Å². The Morgan fingerprint density at radius 1 is 1.03 bits per heavy atom. The van der Waals surface area contributed by atoms with E-state index in [2.05, 4.69) is 40.5 Å². The van der Waals surface area contributed by atoms with E-state index in [4.69, 9.17) is 14.2 Å². The molecule has 0 radical (unpaired) electrons. The minimum atomic E-state index is 0.00221. The summed E-state index contributed by atoms with van der Waals surface area (Å²) in [6.45, 7) is 3.75. The molecule has 2 aromatic carbocycles. The fourth-order valence-corrected chi connectivity index (χ4v) is 4.98. The molecule has 0 aliphatic carbocycles. The lowest BCUT2D eigenvalue weighted by Crippen LogP contribution is -2.44. The molecule has 6 heteroatoms. The molecule has 2 aliphatic rings. The summed E-state index contributed by atoms with van der Waals surface area (Å²) in [5.74, 6) is 1.45. The van der Waals surface area contributed by atoms with Crippen molar-refractivity contribution in [3.05, 3.63) is 59.7 Å². The lowest BCUT2D eigenvalue weighted by molar-refractivity contribution is -0.122. The Hall–Kier alpha value is -2.57. The molecule has 0 saturated carbocycles. The predicted molar refractivity (Wildman–Crippen MR) is 129 cm³/mol. The van der Waals surface area contributed by atoms with Gasteiger partial charge in [-0.1, -0.05) is 36.4 Å².